The SMILES string of the molecule is C.CC(C)(C)CC1(C)CC(C(C)(C)C)CC(C)(C)C1.CC(C)(C)CC1(C)CC(C(C)(C)C)CC(C)(C)C1. The van der Waals surface area contributed by atoms with Gasteiger partial charge in [-0.3, -0.25) is 0 Å². The summed E-state index contributed by atoms with van der Waals surface area (Å²) >= 11 is 0. The maximum Gasteiger partial charge on any atom is -0.0313 e. The number of hydrogen-bond donors (Lipinski definition) is 0. The predicted octanol–water partition coefficient (Wildman–Crippen LogP) is 13.2. The molecular formula is C37H76. The average molecular weight is 521 g/mol. The van der Waals surface area contributed by atoms with Crippen LogP contribution in [-0.2, 0) is 0 Å². The normalized spacial score (nSPS) is 32.6. The predicted molar refractivity (Wildman–Crippen MR) is 172 cm³/mol. The Kier molecular flexibility index (Phi) is 11.5. The van der Waals surface area contributed by atoms with Crippen LogP contribution >= 0.6 is 0 Å². The molecule has 0 radical (unpaired) electrons. The van der Waals surface area contributed by atoms with Crippen molar-refractivity contribution >= 4 is 0 Å². The molecule has 0 aromatic carbocycles. The second-order valence-corrected chi connectivity index (χ2v) is 20.7. The molecule has 4 atom stereocenters. The molecule has 0 aromatic heterocycles. The van der Waals surface area contributed by atoms with Gasteiger partial charge < -0.3 is 0 Å². The van der Waals surface area contributed by atoms with Crippen LogP contribution in [0.1, 0.15) is 183 Å². The molecule has 0 spiro atoms. The first-order chi connectivity index (χ1) is 15.5. The van der Waals surface area contributed by atoms with E-state index in [-0.39, 0.29) is 7.43 Å². The lowest BCUT2D eigenvalue weighted by atomic mass is 9.53. The van der Waals surface area contributed by atoms with Crippen LogP contribution in [0.5, 0.6) is 0 Å². The van der Waals surface area contributed by atoms with Crippen LogP contribution in [0.4, 0.5) is 0 Å². The van der Waals surface area contributed by atoms with Gasteiger partial charge in [0.05, 0.1) is 0 Å². The molecule has 0 nitrogen and oxygen atoms in total. The first-order valence-electron chi connectivity index (χ1n) is 15.5. The Labute approximate surface area is 238 Å². The van der Waals surface area contributed by atoms with E-state index in [1.807, 2.05) is 0 Å². The van der Waals surface area contributed by atoms with Crippen molar-refractivity contribution in [3.63, 3.8) is 0 Å². The number of rotatable bonds is 2. The van der Waals surface area contributed by atoms with E-state index in [4.69, 9.17) is 0 Å². The van der Waals surface area contributed by atoms with Gasteiger partial charge >= 0.3 is 0 Å². The molecule has 2 aliphatic rings. The van der Waals surface area contributed by atoms with Crippen LogP contribution in [0, 0.1) is 55.2 Å². The van der Waals surface area contributed by atoms with Gasteiger partial charge in [0.25, 0.3) is 0 Å². The second-order valence-electron chi connectivity index (χ2n) is 20.7. The summed E-state index contributed by atoms with van der Waals surface area (Å²) in [4.78, 5) is 0. The van der Waals surface area contributed by atoms with Gasteiger partial charge in [-0.2, -0.15) is 0 Å². The van der Waals surface area contributed by atoms with Crippen LogP contribution in [0.15, 0.2) is 0 Å². The molecule has 0 aromatic rings. The van der Waals surface area contributed by atoms with Crippen molar-refractivity contribution < 1.29 is 0 Å². The summed E-state index contributed by atoms with van der Waals surface area (Å²) in [5.41, 5.74) is 3.88. The fraction of sp³-hybridized carbons (Fsp3) is 1.00. The zero-order valence-electron chi connectivity index (χ0n) is 28.8. The average Bonchev–Trinajstić information content (AvgIpc) is 2.44. The molecule has 4 unspecified atom stereocenters. The van der Waals surface area contributed by atoms with Gasteiger partial charge in [0.15, 0.2) is 0 Å². The maximum absolute atomic E-state index is 2.54. The quantitative estimate of drug-likeness (QED) is 0.339. The van der Waals surface area contributed by atoms with Gasteiger partial charge in [-0.1, -0.05) is 132 Å². The summed E-state index contributed by atoms with van der Waals surface area (Å²) < 4.78 is 0. The standard InChI is InChI=1S/2C18H36.CH4/c2*1-15(2,3)12-18(9)11-14(16(4,5)6)10-17(7,8)13-18;/h2*14H,10-13H2,1-9H3;1H4. The van der Waals surface area contributed by atoms with Crippen molar-refractivity contribution in [3.05, 3.63) is 0 Å². The Hall–Kier alpha value is 0. The summed E-state index contributed by atoms with van der Waals surface area (Å²) in [5.74, 6) is 1.74. The molecular weight excluding hydrogens is 444 g/mol. The summed E-state index contributed by atoms with van der Waals surface area (Å²) in [5, 5.41) is 0. The first-order valence-corrected chi connectivity index (χ1v) is 15.5. The molecule has 0 aliphatic heterocycles. The monoisotopic (exact) mass is 521 g/mol. The largest absolute Gasteiger partial charge is 0.0776 e. The topological polar surface area (TPSA) is 0 Å². The maximum atomic E-state index is 2.54. The Balaban J connectivity index is 0.000000682. The summed E-state index contributed by atoms with van der Waals surface area (Å²) in [6.07, 6.45) is 11.1. The van der Waals surface area contributed by atoms with Crippen molar-refractivity contribution in [2.45, 2.75) is 183 Å². The minimum Gasteiger partial charge on any atom is -0.0776 e. The smallest absolute Gasteiger partial charge is 0.0313 e. The molecule has 0 heteroatoms. The Morgan fingerprint density at radius 1 is 0.459 bits per heavy atom. The van der Waals surface area contributed by atoms with Gasteiger partial charge in [-0.25, -0.2) is 0 Å². The molecule has 37 heavy (non-hydrogen) atoms. The molecule has 0 amide bonds. The highest BCUT2D eigenvalue weighted by atomic mass is 14.5. The third-order valence-corrected chi connectivity index (χ3v) is 9.25. The molecule has 0 bridgehead atoms. The summed E-state index contributed by atoms with van der Waals surface area (Å²) in [6, 6.07) is 0. The van der Waals surface area contributed by atoms with Gasteiger partial charge in [0.2, 0.25) is 0 Å². The van der Waals surface area contributed by atoms with E-state index >= 15 is 0 Å². The molecule has 2 rings (SSSR count). The van der Waals surface area contributed by atoms with Crippen LogP contribution in [0.3, 0.4) is 0 Å². The fourth-order valence-corrected chi connectivity index (χ4v) is 9.32. The van der Waals surface area contributed by atoms with Gasteiger partial charge in [-0.15, -0.1) is 0 Å². The lowest BCUT2D eigenvalue weighted by Gasteiger charge is -2.52. The lowest BCUT2D eigenvalue weighted by Crippen LogP contribution is -2.41. The van der Waals surface area contributed by atoms with E-state index in [1.165, 1.54) is 51.4 Å². The highest BCUT2D eigenvalue weighted by Gasteiger charge is 2.47. The van der Waals surface area contributed by atoms with Crippen molar-refractivity contribution in [2.75, 3.05) is 0 Å². The minimum atomic E-state index is 0. The molecule has 2 saturated carbocycles. The zero-order chi connectivity index (χ0) is 28.8. The van der Waals surface area contributed by atoms with Crippen LogP contribution in [0.2, 0.25) is 0 Å². The molecule has 0 saturated heterocycles. The zero-order valence-corrected chi connectivity index (χ0v) is 28.8. The fourth-order valence-electron chi connectivity index (χ4n) is 9.32. The van der Waals surface area contributed by atoms with Crippen molar-refractivity contribution in [3.8, 4) is 0 Å². The van der Waals surface area contributed by atoms with Crippen LogP contribution in [0.25, 0.3) is 0 Å². The third kappa shape index (κ3) is 13.3. The third-order valence-electron chi connectivity index (χ3n) is 9.25. The van der Waals surface area contributed by atoms with E-state index in [0.717, 1.165) is 11.8 Å². The summed E-state index contributed by atoms with van der Waals surface area (Å²) in [7, 11) is 0. The number of hydrogen-bond acceptors (Lipinski definition) is 0. The Bertz CT molecular complexity index is 622. The van der Waals surface area contributed by atoms with E-state index < -0.39 is 0 Å². The van der Waals surface area contributed by atoms with Crippen molar-refractivity contribution in [1.29, 1.82) is 0 Å². The lowest BCUT2D eigenvalue weighted by molar-refractivity contribution is -0.0148. The van der Waals surface area contributed by atoms with E-state index in [1.54, 1.807) is 0 Å². The summed E-state index contributed by atoms with van der Waals surface area (Å²) in [6.45, 7) is 43.9. The highest BCUT2D eigenvalue weighted by molar-refractivity contribution is 4.97. The van der Waals surface area contributed by atoms with E-state index in [0.29, 0.717) is 43.3 Å². The molecule has 2 aliphatic carbocycles. The van der Waals surface area contributed by atoms with Gasteiger partial charge in [-0.05, 0) is 107 Å². The molecule has 0 heterocycles. The molecule has 2 fully saturated rings. The second kappa shape index (κ2) is 11.5. The minimum absolute atomic E-state index is 0. The van der Waals surface area contributed by atoms with Crippen LogP contribution < -0.4 is 0 Å². The van der Waals surface area contributed by atoms with Gasteiger partial charge in [0, 0.05) is 0 Å². The highest BCUT2D eigenvalue weighted by Crippen LogP contribution is 2.57. The van der Waals surface area contributed by atoms with E-state index in [9.17, 15) is 0 Å². The Morgan fingerprint density at radius 2 is 0.703 bits per heavy atom. The van der Waals surface area contributed by atoms with Crippen molar-refractivity contribution in [2.24, 2.45) is 55.2 Å². The van der Waals surface area contributed by atoms with E-state index in [2.05, 4.69) is 125 Å². The first kappa shape index (κ1) is 37.0. The van der Waals surface area contributed by atoms with Crippen LogP contribution in [-0.4, -0.2) is 0 Å². The molecule has 224 valence electrons. The Morgan fingerprint density at radius 3 is 0.892 bits per heavy atom. The molecule has 0 N–H and O–H groups in total. The van der Waals surface area contributed by atoms with Gasteiger partial charge in [0.1, 0.15) is 0 Å². The van der Waals surface area contributed by atoms with Crippen molar-refractivity contribution in [1.82, 2.24) is 0 Å².